The molecule has 1 aromatic carbocycles. The first-order chi connectivity index (χ1) is 10.2. The highest BCUT2D eigenvalue weighted by molar-refractivity contribution is 5.90. The molecule has 1 heterocycles. The highest BCUT2D eigenvalue weighted by Crippen LogP contribution is 2.40. The molecule has 0 saturated heterocycles. The van der Waals surface area contributed by atoms with Crippen molar-refractivity contribution in [2.45, 2.75) is 31.8 Å². The Balaban J connectivity index is 1.56. The van der Waals surface area contributed by atoms with Crippen LogP contribution in [0.15, 0.2) is 40.8 Å². The molecule has 1 aliphatic carbocycles. The monoisotopic (exact) mass is 285 g/mol. The fraction of sp³-hybridized carbons (Fsp3) is 0.353. The molecular formula is C17H19NO3. The maximum atomic E-state index is 11.5. The third-order valence-corrected chi connectivity index (χ3v) is 3.93. The number of hydrogen-bond acceptors (Lipinski definition) is 4. The van der Waals surface area contributed by atoms with Crippen LogP contribution in [0.4, 0.5) is 0 Å². The molecule has 2 atom stereocenters. The predicted octanol–water partition coefficient (Wildman–Crippen LogP) is 3.02. The van der Waals surface area contributed by atoms with Crippen LogP contribution in [-0.4, -0.2) is 19.1 Å². The van der Waals surface area contributed by atoms with Gasteiger partial charge in [-0.25, -0.2) is 4.79 Å². The van der Waals surface area contributed by atoms with E-state index in [9.17, 15) is 4.79 Å². The average Bonchev–Trinajstić information content (AvgIpc) is 3.20. The van der Waals surface area contributed by atoms with Crippen LogP contribution in [0.2, 0.25) is 0 Å². The molecule has 0 amide bonds. The fourth-order valence-electron chi connectivity index (χ4n) is 2.66. The number of esters is 1. The van der Waals surface area contributed by atoms with Crippen LogP contribution in [-0.2, 0) is 11.3 Å². The molecule has 1 aliphatic rings. The molecule has 0 spiro atoms. The third-order valence-electron chi connectivity index (χ3n) is 3.93. The van der Waals surface area contributed by atoms with Crippen molar-refractivity contribution in [1.29, 1.82) is 0 Å². The average molecular weight is 285 g/mol. The summed E-state index contributed by atoms with van der Waals surface area (Å²) in [6.07, 6.45) is 1.15. The topological polar surface area (TPSA) is 51.5 Å². The molecular weight excluding hydrogens is 266 g/mol. The lowest BCUT2D eigenvalue weighted by molar-refractivity contribution is 0.0599. The Morgan fingerprint density at radius 3 is 2.86 bits per heavy atom. The van der Waals surface area contributed by atoms with Gasteiger partial charge >= 0.3 is 5.97 Å². The summed E-state index contributed by atoms with van der Waals surface area (Å²) < 4.78 is 10.3. The van der Waals surface area contributed by atoms with Crippen molar-refractivity contribution in [1.82, 2.24) is 5.32 Å². The third kappa shape index (κ3) is 3.00. The highest BCUT2D eigenvalue weighted by Gasteiger charge is 2.37. The normalized spacial score (nSPS) is 20.3. The first kappa shape index (κ1) is 13.9. The maximum absolute atomic E-state index is 11.5. The molecule has 0 bridgehead atoms. The Hall–Kier alpha value is -2.07. The van der Waals surface area contributed by atoms with E-state index in [1.165, 1.54) is 12.7 Å². The van der Waals surface area contributed by atoms with Crippen molar-refractivity contribution in [2.75, 3.05) is 7.11 Å². The summed E-state index contributed by atoms with van der Waals surface area (Å²) in [6.45, 7) is 2.41. The van der Waals surface area contributed by atoms with E-state index >= 15 is 0 Å². The van der Waals surface area contributed by atoms with Gasteiger partial charge < -0.3 is 14.5 Å². The van der Waals surface area contributed by atoms with Gasteiger partial charge in [-0.1, -0.05) is 30.3 Å². The van der Waals surface area contributed by atoms with E-state index in [0.29, 0.717) is 29.8 Å². The Morgan fingerprint density at radius 1 is 1.38 bits per heavy atom. The van der Waals surface area contributed by atoms with Gasteiger partial charge in [-0.15, -0.1) is 0 Å². The number of carbonyl (C=O) groups is 1. The zero-order chi connectivity index (χ0) is 14.8. The number of carbonyl (C=O) groups excluding carboxylic acids is 1. The van der Waals surface area contributed by atoms with E-state index in [1.807, 2.05) is 6.07 Å². The van der Waals surface area contributed by atoms with E-state index in [2.05, 4.69) is 29.6 Å². The van der Waals surface area contributed by atoms with Gasteiger partial charge in [0.25, 0.3) is 0 Å². The molecule has 4 heteroatoms. The summed E-state index contributed by atoms with van der Waals surface area (Å²) in [6, 6.07) is 12.8. The standard InChI is InChI=1S/C17H19NO3/c1-11-14(17(19)20-2)8-13(21-11)10-18-16-9-15(16)12-6-4-3-5-7-12/h3-8,15-16,18H,9-10H2,1-2H3. The van der Waals surface area contributed by atoms with E-state index in [4.69, 9.17) is 9.15 Å². The van der Waals surface area contributed by atoms with Crippen LogP contribution in [0.3, 0.4) is 0 Å². The molecule has 4 nitrogen and oxygen atoms in total. The number of ether oxygens (including phenoxy) is 1. The van der Waals surface area contributed by atoms with E-state index in [-0.39, 0.29) is 5.97 Å². The van der Waals surface area contributed by atoms with Crippen LogP contribution in [0, 0.1) is 6.92 Å². The lowest BCUT2D eigenvalue weighted by Gasteiger charge is -2.02. The van der Waals surface area contributed by atoms with Gasteiger partial charge in [-0.2, -0.15) is 0 Å². The molecule has 3 rings (SSSR count). The Labute approximate surface area is 124 Å². The van der Waals surface area contributed by atoms with E-state index < -0.39 is 0 Å². The molecule has 1 N–H and O–H groups in total. The van der Waals surface area contributed by atoms with Crippen molar-refractivity contribution in [3.63, 3.8) is 0 Å². The van der Waals surface area contributed by atoms with Crippen molar-refractivity contribution < 1.29 is 13.9 Å². The van der Waals surface area contributed by atoms with Crippen LogP contribution in [0.25, 0.3) is 0 Å². The maximum Gasteiger partial charge on any atom is 0.341 e. The summed E-state index contributed by atoms with van der Waals surface area (Å²) in [5, 5.41) is 3.47. The Bertz CT molecular complexity index is 633. The molecule has 2 unspecified atom stereocenters. The van der Waals surface area contributed by atoms with Gasteiger partial charge in [0.15, 0.2) is 0 Å². The molecule has 0 radical (unpaired) electrons. The van der Waals surface area contributed by atoms with Crippen molar-refractivity contribution in [2.24, 2.45) is 0 Å². The fourth-order valence-corrected chi connectivity index (χ4v) is 2.66. The van der Waals surface area contributed by atoms with E-state index in [1.54, 1.807) is 13.0 Å². The smallest absolute Gasteiger partial charge is 0.341 e. The van der Waals surface area contributed by atoms with Gasteiger partial charge in [-0.3, -0.25) is 0 Å². The first-order valence-corrected chi connectivity index (χ1v) is 7.15. The summed E-state index contributed by atoms with van der Waals surface area (Å²) in [7, 11) is 1.38. The van der Waals surface area contributed by atoms with E-state index in [0.717, 1.165) is 12.2 Å². The molecule has 1 fully saturated rings. The van der Waals surface area contributed by atoms with Crippen LogP contribution in [0.1, 0.15) is 39.8 Å². The number of nitrogens with one attached hydrogen (secondary N) is 1. The van der Waals surface area contributed by atoms with Gasteiger partial charge in [0.1, 0.15) is 17.1 Å². The summed E-state index contributed by atoms with van der Waals surface area (Å²) >= 11 is 0. The number of methoxy groups -OCH3 is 1. The zero-order valence-electron chi connectivity index (χ0n) is 12.3. The second-order valence-corrected chi connectivity index (χ2v) is 5.41. The SMILES string of the molecule is COC(=O)c1cc(CNC2CC2c2ccccc2)oc1C. The lowest BCUT2D eigenvalue weighted by Crippen LogP contribution is -2.16. The minimum absolute atomic E-state index is 0.351. The summed E-state index contributed by atoms with van der Waals surface area (Å²) in [4.78, 5) is 11.5. The minimum atomic E-state index is -0.351. The molecule has 0 aliphatic heterocycles. The number of furan rings is 1. The van der Waals surface area contributed by atoms with Gasteiger partial charge in [-0.05, 0) is 25.0 Å². The van der Waals surface area contributed by atoms with Gasteiger partial charge in [0, 0.05) is 12.0 Å². The lowest BCUT2D eigenvalue weighted by atomic mass is 10.1. The molecule has 2 aromatic rings. The van der Waals surface area contributed by atoms with Gasteiger partial charge in [0.05, 0.1) is 13.7 Å². The minimum Gasteiger partial charge on any atom is -0.465 e. The zero-order valence-corrected chi connectivity index (χ0v) is 12.3. The largest absolute Gasteiger partial charge is 0.465 e. The summed E-state index contributed by atoms with van der Waals surface area (Å²) in [5.74, 6) is 1.61. The van der Waals surface area contributed by atoms with Crippen molar-refractivity contribution >= 4 is 5.97 Å². The van der Waals surface area contributed by atoms with Crippen molar-refractivity contribution in [3.05, 3.63) is 59.0 Å². The second kappa shape index (κ2) is 5.74. The highest BCUT2D eigenvalue weighted by atomic mass is 16.5. The van der Waals surface area contributed by atoms with Crippen LogP contribution >= 0.6 is 0 Å². The molecule has 1 saturated carbocycles. The predicted molar refractivity (Wildman–Crippen MR) is 79.2 cm³/mol. The number of hydrogen-bond donors (Lipinski definition) is 1. The van der Waals surface area contributed by atoms with Gasteiger partial charge in [0.2, 0.25) is 0 Å². The quantitative estimate of drug-likeness (QED) is 0.858. The Kier molecular flexibility index (Phi) is 3.80. The first-order valence-electron chi connectivity index (χ1n) is 7.15. The van der Waals surface area contributed by atoms with Crippen molar-refractivity contribution in [3.8, 4) is 0 Å². The number of rotatable bonds is 5. The number of benzene rings is 1. The Morgan fingerprint density at radius 2 is 2.14 bits per heavy atom. The summed E-state index contributed by atoms with van der Waals surface area (Å²) in [5.41, 5.74) is 1.88. The molecule has 21 heavy (non-hydrogen) atoms. The second-order valence-electron chi connectivity index (χ2n) is 5.41. The van der Waals surface area contributed by atoms with Crippen LogP contribution in [0.5, 0.6) is 0 Å². The number of aryl methyl sites for hydroxylation is 1. The molecule has 1 aromatic heterocycles. The van der Waals surface area contributed by atoms with Crippen LogP contribution < -0.4 is 5.32 Å². The molecule has 110 valence electrons.